The Balaban J connectivity index is 1.72. The van der Waals surface area contributed by atoms with Gasteiger partial charge in [0, 0.05) is 29.7 Å². The molecule has 2 aliphatic rings. The van der Waals surface area contributed by atoms with Crippen LogP contribution >= 0.6 is 0 Å². The van der Waals surface area contributed by atoms with Crippen LogP contribution < -0.4 is 0 Å². The lowest BCUT2D eigenvalue weighted by Gasteiger charge is -2.10. The van der Waals surface area contributed by atoms with Crippen LogP contribution in [0.2, 0.25) is 0 Å². The summed E-state index contributed by atoms with van der Waals surface area (Å²) in [6, 6.07) is 8.09. The van der Waals surface area contributed by atoms with E-state index in [0.717, 1.165) is 46.9 Å². The minimum Gasteiger partial charge on any atom is -0.461 e. The molecule has 1 aliphatic carbocycles. The fraction of sp³-hybridized carbons (Fsp3) is 0.300. The Morgan fingerprint density at radius 1 is 1.27 bits per heavy atom. The molecule has 3 heterocycles. The van der Waals surface area contributed by atoms with Crippen molar-refractivity contribution in [3.8, 4) is 16.9 Å². The fourth-order valence-electron chi connectivity index (χ4n) is 3.51. The molecule has 0 saturated heterocycles. The SMILES string of the molecule is CCOC(=O)c1ncn2c1Cc1cnc(C3CC3)nc1-c1ccccc1-2. The first-order valence-corrected chi connectivity index (χ1v) is 8.95. The summed E-state index contributed by atoms with van der Waals surface area (Å²) in [5.74, 6) is 1.03. The molecule has 0 radical (unpaired) electrons. The number of hydrogen-bond acceptors (Lipinski definition) is 5. The van der Waals surface area contributed by atoms with Gasteiger partial charge in [0.15, 0.2) is 5.69 Å². The van der Waals surface area contributed by atoms with Crippen molar-refractivity contribution in [3.63, 3.8) is 0 Å². The van der Waals surface area contributed by atoms with Crippen LogP contribution in [0, 0.1) is 0 Å². The highest BCUT2D eigenvalue weighted by molar-refractivity contribution is 5.89. The summed E-state index contributed by atoms with van der Waals surface area (Å²) in [7, 11) is 0. The topological polar surface area (TPSA) is 69.9 Å². The Kier molecular flexibility index (Phi) is 3.38. The molecule has 1 fully saturated rings. The quantitative estimate of drug-likeness (QED) is 0.532. The third kappa shape index (κ3) is 2.33. The molecule has 2 aromatic heterocycles. The van der Waals surface area contributed by atoms with Gasteiger partial charge in [-0.15, -0.1) is 0 Å². The fourth-order valence-corrected chi connectivity index (χ4v) is 3.51. The van der Waals surface area contributed by atoms with Crippen molar-refractivity contribution < 1.29 is 9.53 Å². The highest BCUT2D eigenvalue weighted by Crippen LogP contribution is 2.40. The first-order chi connectivity index (χ1) is 12.8. The molecule has 5 rings (SSSR count). The maximum absolute atomic E-state index is 12.3. The normalized spacial score (nSPS) is 14.8. The molecule has 1 saturated carbocycles. The van der Waals surface area contributed by atoms with Crippen LogP contribution in [0.5, 0.6) is 0 Å². The third-order valence-corrected chi connectivity index (χ3v) is 4.94. The van der Waals surface area contributed by atoms with Gasteiger partial charge in [-0.25, -0.2) is 19.7 Å². The van der Waals surface area contributed by atoms with Crippen molar-refractivity contribution in [2.75, 3.05) is 6.61 Å². The van der Waals surface area contributed by atoms with E-state index in [2.05, 4.69) is 16.0 Å². The van der Waals surface area contributed by atoms with Gasteiger partial charge in [-0.3, -0.25) is 0 Å². The summed E-state index contributed by atoms with van der Waals surface area (Å²) in [5, 5.41) is 0. The zero-order valence-corrected chi connectivity index (χ0v) is 14.5. The zero-order chi connectivity index (χ0) is 17.7. The number of benzene rings is 1. The van der Waals surface area contributed by atoms with Crippen LogP contribution in [0.4, 0.5) is 0 Å². The molecular formula is C20H18N4O2. The molecule has 0 amide bonds. The van der Waals surface area contributed by atoms with Crippen LogP contribution in [0.15, 0.2) is 36.8 Å². The molecule has 0 atom stereocenters. The van der Waals surface area contributed by atoms with Crippen LogP contribution in [0.3, 0.4) is 0 Å². The number of para-hydroxylation sites is 1. The highest BCUT2D eigenvalue weighted by Gasteiger charge is 2.30. The van der Waals surface area contributed by atoms with Crippen molar-refractivity contribution in [1.29, 1.82) is 0 Å². The number of nitrogens with zero attached hydrogens (tertiary/aromatic N) is 4. The van der Waals surface area contributed by atoms with Gasteiger partial charge in [0.25, 0.3) is 0 Å². The van der Waals surface area contributed by atoms with Gasteiger partial charge in [0.2, 0.25) is 0 Å². The van der Waals surface area contributed by atoms with E-state index in [9.17, 15) is 4.79 Å². The summed E-state index contributed by atoms with van der Waals surface area (Å²) >= 11 is 0. The van der Waals surface area contributed by atoms with Crippen LogP contribution in [-0.4, -0.2) is 32.1 Å². The second kappa shape index (κ2) is 5.76. The second-order valence-electron chi connectivity index (χ2n) is 6.70. The maximum Gasteiger partial charge on any atom is 0.358 e. The molecule has 0 spiro atoms. The standard InChI is InChI=1S/C20H18N4O2/c1-2-26-20(25)18-16-9-13-10-21-19(12-7-8-12)23-17(13)14-5-3-4-6-15(14)24(16)11-22-18/h3-6,10-12H,2,7-9H2,1H3. The molecule has 1 aromatic carbocycles. The number of esters is 1. The molecule has 1 aliphatic heterocycles. The molecule has 0 unspecified atom stereocenters. The van der Waals surface area contributed by atoms with E-state index in [0.29, 0.717) is 24.6 Å². The highest BCUT2D eigenvalue weighted by atomic mass is 16.5. The Labute approximate surface area is 150 Å². The second-order valence-corrected chi connectivity index (χ2v) is 6.70. The van der Waals surface area contributed by atoms with Crippen molar-refractivity contribution in [2.45, 2.75) is 32.1 Å². The lowest BCUT2D eigenvalue weighted by atomic mass is 10.0. The molecule has 130 valence electrons. The number of aromatic nitrogens is 4. The Morgan fingerprint density at radius 3 is 2.92 bits per heavy atom. The first kappa shape index (κ1) is 15.3. The Bertz CT molecular complexity index is 1020. The van der Waals surface area contributed by atoms with Gasteiger partial charge in [0.1, 0.15) is 12.2 Å². The monoisotopic (exact) mass is 346 g/mol. The van der Waals surface area contributed by atoms with Crippen LogP contribution in [0.1, 0.15) is 53.3 Å². The molecule has 0 N–H and O–H groups in total. The average Bonchev–Trinajstić information content (AvgIpc) is 3.44. The largest absolute Gasteiger partial charge is 0.461 e. The predicted octanol–water partition coefficient (Wildman–Crippen LogP) is 3.29. The minimum absolute atomic E-state index is 0.326. The number of rotatable bonds is 3. The van der Waals surface area contributed by atoms with E-state index in [1.165, 1.54) is 0 Å². The van der Waals surface area contributed by atoms with Crippen LogP contribution in [0.25, 0.3) is 16.9 Å². The number of hydrogen-bond donors (Lipinski definition) is 0. The summed E-state index contributed by atoms with van der Waals surface area (Å²) in [6.45, 7) is 2.12. The summed E-state index contributed by atoms with van der Waals surface area (Å²) in [5.41, 5.74) is 5.16. The minimum atomic E-state index is -0.391. The van der Waals surface area contributed by atoms with Gasteiger partial charge in [-0.2, -0.15) is 0 Å². The average molecular weight is 346 g/mol. The lowest BCUT2D eigenvalue weighted by molar-refractivity contribution is 0.0519. The van der Waals surface area contributed by atoms with E-state index in [1.54, 1.807) is 13.3 Å². The molecule has 6 heteroatoms. The smallest absolute Gasteiger partial charge is 0.358 e. The van der Waals surface area contributed by atoms with Crippen LogP contribution in [-0.2, 0) is 11.2 Å². The van der Waals surface area contributed by atoms with Crippen molar-refractivity contribution in [1.82, 2.24) is 19.5 Å². The van der Waals surface area contributed by atoms with Gasteiger partial charge in [-0.05, 0) is 25.8 Å². The van der Waals surface area contributed by atoms with E-state index >= 15 is 0 Å². The van der Waals surface area contributed by atoms with E-state index in [-0.39, 0.29) is 0 Å². The number of carbonyl (C=O) groups excluding carboxylic acids is 1. The third-order valence-electron chi connectivity index (χ3n) is 4.94. The van der Waals surface area contributed by atoms with Gasteiger partial charge < -0.3 is 9.30 Å². The molecule has 0 bridgehead atoms. The van der Waals surface area contributed by atoms with Gasteiger partial charge in [-0.1, -0.05) is 18.2 Å². The van der Waals surface area contributed by atoms with Crippen molar-refractivity contribution in [2.24, 2.45) is 0 Å². The Hall–Kier alpha value is -3.02. The van der Waals surface area contributed by atoms with E-state index in [4.69, 9.17) is 9.72 Å². The summed E-state index contributed by atoms with van der Waals surface area (Å²) < 4.78 is 7.15. The molecule has 6 nitrogen and oxygen atoms in total. The summed E-state index contributed by atoms with van der Waals surface area (Å²) in [6.07, 6.45) is 6.48. The number of imidazole rings is 1. The van der Waals surface area contributed by atoms with E-state index in [1.807, 2.05) is 29.0 Å². The molecule has 26 heavy (non-hydrogen) atoms. The lowest BCUT2D eigenvalue weighted by Crippen LogP contribution is -2.10. The molecule has 3 aromatic rings. The van der Waals surface area contributed by atoms with E-state index < -0.39 is 5.97 Å². The summed E-state index contributed by atoms with van der Waals surface area (Å²) in [4.78, 5) is 26.1. The Morgan fingerprint density at radius 2 is 2.12 bits per heavy atom. The predicted molar refractivity (Wildman–Crippen MR) is 95.3 cm³/mol. The first-order valence-electron chi connectivity index (χ1n) is 8.95. The number of carbonyl (C=O) groups is 1. The number of fused-ring (bicyclic) bond motifs is 5. The number of ether oxygens (including phenoxy) is 1. The van der Waals surface area contributed by atoms with Crippen molar-refractivity contribution >= 4 is 5.97 Å². The van der Waals surface area contributed by atoms with Gasteiger partial charge in [0.05, 0.1) is 23.7 Å². The van der Waals surface area contributed by atoms with Gasteiger partial charge >= 0.3 is 5.97 Å². The molecular weight excluding hydrogens is 328 g/mol. The van der Waals surface area contributed by atoms with Crippen molar-refractivity contribution in [3.05, 3.63) is 59.6 Å². The maximum atomic E-state index is 12.3. The zero-order valence-electron chi connectivity index (χ0n) is 14.5.